The number of aryl methyl sites for hydroxylation is 2. The topological polar surface area (TPSA) is 75.9 Å². The zero-order valence-corrected chi connectivity index (χ0v) is 17.4. The summed E-state index contributed by atoms with van der Waals surface area (Å²) in [6.45, 7) is 3.92. The van der Waals surface area contributed by atoms with Gasteiger partial charge in [-0.15, -0.1) is 10.2 Å². The van der Waals surface area contributed by atoms with Crippen LogP contribution in [0.3, 0.4) is 0 Å². The van der Waals surface area contributed by atoms with Crippen LogP contribution in [0.5, 0.6) is 0 Å². The molecule has 0 unspecified atom stereocenters. The van der Waals surface area contributed by atoms with Gasteiger partial charge in [0.1, 0.15) is 0 Å². The van der Waals surface area contributed by atoms with Crippen LogP contribution in [0.25, 0.3) is 27.9 Å². The number of Topliss-reactive ketones (excluding diaryl/α,β-unsaturated/α-hetero) is 1. The van der Waals surface area contributed by atoms with Crippen molar-refractivity contribution >= 4 is 34.2 Å². The lowest BCUT2D eigenvalue weighted by Crippen LogP contribution is -2.05. The summed E-state index contributed by atoms with van der Waals surface area (Å²) in [5.74, 6) is 0.862. The smallest absolute Gasteiger partial charge is 0.256 e. The predicted octanol–water partition coefficient (Wildman–Crippen LogP) is 4.86. The number of H-pyrrole nitrogens is 1. The van der Waals surface area contributed by atoms with Gasteiger partial charge < -0.3 is 4.98 Å². The molecule has 148 valence electrons. The van der Waals surface area contributed by atoms with E-state index in [0.717, 1.165) is 33.5 Å². The van der Waals surface area contributed by atoms with E-state index in [0.29, 0.717) is 16.5 Å². The summed E-state index contributed by atoms with van der Waals surface area (Å²) in [4.78, 5) is 21.2. The summed E-state index contributed by atoms with van der Waals surface area (Å²) < 4.78 is 1.89. The van der Waals surface area contributed by atoms with Gasteiger partial charge in [0.15, 0.2) is 10.9 Å². The number of nitrogens with one attached hydrogen (secondary N) is 1. The van der Waals surface area contributed by atoms with Crippen LogP contribution in [0.1, 0.15) is 21.7 Å². The lowest BCUT2D eigenvalue weighted by Gasteiger charge is -2.06. The molecule has 0 saturated carbocycles. The minimum Gasteiger partial charge on any atom is -0.354 e. The Labute approximate surface area is 177 Å². The molecular weight excluding hydrogens is 394 g/mol. The number of thioether (sulfide) groups is 1. The number of fused-ring (bicyclic) bond motifs is 2. The number of carbonyl (C=O) groups excluding carboxylic acids is 1. The normalized spacial score (nSPS) is 11.4. The summed E-state index contributed by atoms with van der Waals surface area (Å²) in [5, 5.41) is 10.0. The highest BCUT2D eigenvalue weighted by molar-refractivity contribution is 7.99. The molecule has 0 radical (unpaired) electrons. The first-order valence-corrected chi connectivity index (χ1v) is 10.6. The van der Waals surface area contributed by atoms with E-state index in [1.807, 2.05) is 78.9 Å². The number of rotatable bonds is 5. The van der Waals surface area contributed by atoms with E-state index in [9.17, 15) is 4.79 Å². The number of para-hydroxylation sites is 1. The number of carbonyl (C=O) groups is 1. The Morgan fingerprint density at radius 1 is 1.03 bits per heavy atom. The van der Waals surface area contributed by atoms with Crippen LogP contribution in [0.15, 0.2) is 65.8 Å². The Hall–Kier alpha value is -3.45. The van der Waals surface area contributed by atoms with Crippen molar-refractivity contribution in [2.45, 2.75) is 19.0 Å². The van der Waals surface area contributed by atoms with Crippen molar-refractivity contribution in [3.8, 4) is 11.3 Å². The van der Waals surface area contributed by atoms with Crippen molar-refractivity contribution in [3.63, 3.8) is 0 Å². The molecule has 5 rings (SSSR count). The predicted molar refractivity (Wildman–Crippen MR) is 119 cm³/mol. The number of aromatic nitrogens is 5. The number of aromatic amines is 1. The minimum absolute atomic E-state index is 0.0470. The summed E-state index contributed by atoms with van der Waals surface area (Å²) in [5.41, 5.74) is 5.39. The van der Waals surface area contributed by atoms with Gasteiger partial charge in [0.05, 0.1) is 17.0 Å². The van der Waals surface area contributed by atoms with Crippen LogP contribution in [-0.4, -0.2) is 36.1 Å². The van der Waals surface area contributed by atoms with Crippen molar-refractivity contribution in [1.29, 1.82) is 0 Å². The van der Waals surface area contributed by atoms with Crippen LogP contribution < -0.4 is 0 Å². The third kappa shape index (κ3) is 3.17. The van der Waals surface area contributed by atoms with Crippen LogP contribution >= 0.6 is 11.8 Å². The molecule has 3 aromatic heterocycles. The molecule has 0 bridgehead atoms. The van der Waals surface area contributed by atoms with Crippen molar-refractivity contribution in [1.82, 2.24) is 24.6 Å². The van der Waals surface area contributed by atoms with Gasteiger partial charge in [0.25, 0.3) is 5.78 Å². The molecule has 0 aliphatic heterocycles. The fourth-order valence-corrected chi connectivity index (χ4v) is 4.61. The van der Waals surface area contributed by atoms with Gasteiger partial charge in [-0.2, -0.15) is 0 Å². The maximum Gasteiger partial charge on any atom is 0.256 e. The van der Waals surface area contributed by atoms with Crippen LogP contribution in [0, 0.1) is 13.8 Å². The van der Waals surface area contributed by atoms with E-state index >= 15 is 0 Å². The number of hydrogen-bond acceptors (Lipinski definition) is 5. The molecule has 3 heterocycles. The van der Waals surface area contributed by atoms with Gasteiger partial charge in [-0.1, -0.05) is 60.3 Å². The fraction of sp³-hybridized carbons (Fsp3) is 0.130. The standard InChI is InChI=1S/C23H19N5OS/c1-14-12-15(2)28-22(24-14)26-27-23(28)30-13-19(29)20-17-10-6-7-11-18(17)25-21(20)16-8-4-3-5-9-16/h3-12,25H,13H2,1-2H3. The maximum atomic E-state index is 13.4. The van der Waals surface area contributed by atoms with Gasteiger partial charge in [-0.05, 0) is 31.5 Å². The molecule has 0 atom stereocenters. The maximum absolute atomic E-state index is 13.4. The molecule has 6 nitrogen and oxygen atoms in total. The van der Waals surface area contributed by atoms with Crippen LogP contribution in [0.4, 0.5) is 0 Å². The van der Waals surface area contributed by atoms with Gasteiger partial charge in [0, 0.05) is 22.3 Å². The Morgan fingerprint density at radius 2 is 1.80 bits per heavy atom. The second-order valence-electron chi connectivity index (χ2n) is 7.16. The molecule has 0 saturated heterocycles. The number of hydrogen-bond donors (Lipinski definition) is 1. The lowest BCUT2D eigenvalue weighted by molar-refractivity contribution is 0.102. The molecule has 0 aliphatic rings. The highest BCUT2D eigenvalue weighted by Gasteiger charge is 2.21. The van der Waals surface area contributed by atoms with Crippen molar-refractivity contribution < 1.29 is 4.79 Å². The SMILES string of the molecule is Cc1cc(C)n2c(SCC(=O)c3c(-c4ccccc4)[nH]c4ccccc34)nnc2n1. The van der Waals surface area contributed by atoms with Gasteiger partial charge in [0.2, 0.25) is 0 Å². The molecule has 0 spiro atoms. The zero-order valence-electron chi connectivity index (χ0n) is 16.6. The second-order valence-corrected chi connectivity index (χ2v) is 8.10. The molecular formula is C23H19N5OS. The number of nitrogens with zero attached hydrogens (tertiary/aromatic N) is 4. The monoisotopic (exact) mass is 413 g/mol. The summed E-state index contributed by atoms with van der Waals surface area (Å²) in [6, 6.07) is 19.8. The van der Waals surface area contributed by atoms with Crippen LogP contribution in [-0.2, 0) is 0 Å². The van der Waals surface area contributed by atoms with E-state index in [2.05, 4.69) is 20.2 Å². The Morgan fingerprint density at radius 3 is 2.63 bits per heavy atom. The minimum atomic E-state index is 0.0470. The molecule has 0 fully saturated rings. The molecule has 7 heteroatoms. The third-order valence-electron chi connectivity index (χ3n) is 5.04. The first-order chi connectivity index (χ1) is 14.6. The van der Waals surface area contributed by atoms with Gasteiger partial charge >= 0.3 is 0 Å². The molecule has 0 aliphatic carbocycles. The highest BCUT2D eigenvalue weighted by atomic mass is 32.2. The quantitative estimate of drug-likeness (QED) is 0.329. The zero-order chi connectivity index (χ0) is 20.7. The Balaban J connectivity index is 1.52. The van der Waals surface area contributed by atoms with E-state index in [4.69, 9.17) is 0 Å². The average Bonchev–Trinajstić information content (AvgIpc) is 3.34. The van der Waals surface area contributed by atoms with E-state index in [1.54, 1.807) is 0 Å². The summed E-state index contributed by atoms with van der Waals surface area (Å²) in [6.07, 6.45) is 0. The van der Waals surface area contributed by atoms with Crippen molar-refractivity contribution in [3.05, 3.63) is 77.6 Å². The lowest BCUT2D eigenvalue weighted by atomic mass is 10.0. The van der Waals surface area contributed by atoms with Crippen molar-refractivity contribution in [2.24, 2.45) is 0 Å². The first-order valence-electron chi connectivity index (χ1n) is 9.63. The van der Waals surface area contributed by atoms with Crippen LogP contribution in [0.2, 0.25) is 0 Å². The van der Waals surface area contributed by atoms with E-state index in [1.165, 1.54) is 11.8 Å². The first kappa shape index (κ1) is 18.6. The molecule has 0 amide bonds. The van der Waals surface area contributed by atoms with E-state index in [-0.39, 0.29) is 11.5 Å². The number of ketones is 1. The van der Waals surface area contributed by atoms with Gasteiger partial charge in [-0.25, -0.2) is 4.98 Å². The highest BCUT2D eigenvalue weighted by Crippen LogP contribution is 2.32. The molecule has 5 aromatic rings. The number of benzene rings is 2. The van der Waals surface area contributed by atoms with E-state index < -0.39 is 0 Å². The Bertz CT molecular complexity index is 1390. The largest absolute Gasteiger partial charge is 0.354 e. The molecule has 2 aromatic carbocycles. The van der Waals surface area contributed by atoms with Crippen molar-refractivity contribution in [2.75, 3.05) is 5.75 Å². The molecule has 1 N–H and O–H groups in total. The fourth-order valence-electron chi connectivity index (χ4n) is 3.75. The average molecular weight is 414 g/mol. The Kier molecular flexibility index (Phi) is 4.59. The second kappa shape index (κ2) is 7.42. The molecule has 30 heavy (non-hydrogen) atoms. The van der Waals surface area contributed by atoms with Gasteiger partial charge in [-0.3, -0.25) is 9.20 Å². The summed E-state index contributed by atoms with van der Waals surface area (Å²) >= 11 is 1.38. The third-order valence-corrected chi connectivity index (χ3v) is 5.97. The summed E-state index contributed by atoms with van der Waals surface area (Å²) in [7, 11) is 0.